The molecule has 1 N–H and O–H groups in total. The predicted molar refractivity (Wildman–Crippen MR) is 23.6 cm³/mol. The highest BCUT2D eigenvalue weighted by atomic mass is 35.5. The van der Waals surface area contributed by atoms with Crippen LogP contribution in [-0.2, 0) is 0 Å². The van der Waals surface area contributed by atoms with Gasteiger partial charge < -0.3 is 0 Å². The van der Waals surface area contributed by atoms with E-state index < -0.39 is 5.95 Å². The Balaban J connectivity index is 3.12. The minimum Gasteiger partial charge on any atom is -0.252 e. The summed E-state index contributed by atoms with van der Waals surface area (Å²) in [6, 6.07) is 0. The molecule has 0 amide bonds. The molecule has 0 atom stereocenters. The molecule has 7 heavy (non-hydrogen) atoms. The van der Waals surface area contributed by atoms with E-state index in [4.69, 9.17) is 11.6 Å². The fraction of sp³-hybridized carbons (Fsp3) is 0. The molecule has 1 heterocycles. The van der Waals surface area contributed by atoms with Crippen LogP contribution in [0.3, 0.4) is 0 Å². The third-order valence-electron chi connectivity index (χ3n) is 0.550. The number of aromatic amines is 1. The zero-order chi connectivity index (χ0) is 5.28. The summed E-state index contributed by atoms with van der Waals surface area (Å²) in [5, 5.41) is 5.34. The van der Waals surface area contributed by atoms with E-state index in [0.29, 0.717) is 0 Å². The average molecular weight is 121 g/mol. The summed E-state index contributed by atoms with van der Waals surface area (Å²) < 4.78 is 11.8. The standard InChI is InChI=1S/C3H2ClFN2/c4-2-1-6-7-3(2)5/h1H,(H,6,7). The van der Waals surface area contributed by atoms with Crippen LogP contribution in [0.4, 0.5) is 4.39 Å². The molecular weight excluding hydrogens is 118 g/mol. The van der Waals surface area contributed by atoms with Gasteiger partial charge in [0.15, 0.2) is 0 Å². The van der Waals surface area contributed by atoms with Crippen molar-refractivity contribution in [2.45, 2.75) is 0 Å². The largest absolute Gasteiger partial charge is 0.252 e. The second-order valence-electron chi connectivity index (χ2n) is 1.03. The van der Waals surface area contributed by atoms with Gasteiger partial charge in [-0.25, -0.2) is 0 Å². The smallest absolute Gasteiger partial charge is 0.227 e. The zero-order valence-electron chi connectivity index (χ0n) is 3.28. The summed E-state index contributed by atoms with van der Waals surface area (Å²) >= 11 is 5.16. The molecular formula is C3H2ClFN2. The van der Waals surface area contributed by atoms with E-state index in [1.165, 1.54) is 6.20 Å². The van der Waals surface area contributed by atoms with Crippen LogP contribution in [0.5, 0.6) is 0 Å². The first-order chi connectivity index (χ1) is 3.30. The van der Waals surface area contributed by atoms with E-state index in [2.05, 4.69) is 5.10 Å². The molecule has 1 aromatic heterocycles. The molecule has 0 aliphatic carbocycles. The fourth-order valence-electron chi connectivity index (χ4n) is 0.256. The van der Waals surface area contributed by atoms with E-state index in [-0.39, 0.29) is 5.02 Å². The monoisotopic (exact) mass is 120 g/mol. The van der Waals surface area contributed by atoms with Gasteiger partial charge in [-0.2, -0.15) is 9.49 Å². The number of rotatable bonds is 0. The van der Waals surface area contributed by atoms with E-state index >= 15 is 0 Å². The highest BCUT2D eigenvalue weighted by Gasteiger charge is 1.95. The summed E-state index contributed by atoms with van der Waals surface area (Å²) in [6.07, 6.45) is 1.21. The molecule has 1 aromatic rings. The third-order valence-corrected chi connectivity index (χ3v) is 0.814. The second-order valence-corrected chi connectivity index (χ2v) is 1.44. The van der Waals surface area contributed by atoms with Gasteiger partial charge >= 0.3 is 0 Å². The molecule has 0 unspecified atom stereocenters. The molecule has 2 nitrogen and oxygen atoms in total. The Morgan fingerprint density at radius 3 is 2.71 bits per heavy atom. The van der Waals surface area contributed by atoms with Crippen molar-refractivity contribution in [2.75, 3.05) is 0 Å². The van der Waals surface area contributed by atoms with Gasteiger partial charge in [0.05, 0.1) is 6.20 Å². The van der Waals surface area contributed by atoms with Crippen molar-refractivity contribution in [3.05, 3.63) is 17.2 Å². The van der Waals surface area contributed by atoms with Crippen LogP contribution in [0.15, 0.2) is 6.20 Å². The Morgan fingerprint density at radius 1 is 1.86 bits per heavy atom. The fourth-order valence-corrected chi connectivity index (χ4v) is 0.347. The molecule has 0 fully saturated rings. The molecule has 38 valence electrons. The molecule has 0 bridgehead atoms. The lowest BCUT2D eigenvalue weighted by atomic mass is 10.7. The SMILES string of the molecule is Fc1[nH]ncc1Cl. The maximum Gasteiger partial charge on any atom is 0.227 e. The van der Waals surface area contributed by atoms with Gasteiger partial charge in [0.2, 0.25) is 5.95 Å². The summed E-state index contributed by atoms with van der Waals surface area (Å²) in [5.41, 5.74) is 0. The number of nitrogens with one attached hydrogen (secondary N) is 1. The van der Waals surface area contributed by atoms with Crippen LogP contribution < -0.4 is 0 Å². The van der Waals surface area contributed by atoms with Crippen LogP contribution in [0, 0.1) is 5.95 Å². The molecule has 1 rings (SSSR count). The van der Waals surface area contributed by atoms with Gasteiger partial charge in [-0.05, 0) is 0 Å². The van der Waals surface area contributed by atoms with Crippen molar-refractivity contribution in [1.82, 2.24) is 10.2 Å². The van der Waals surface area contributed by atoms with Crippen LogP contribution >= 0.6 is 11.6 Å². The maximum absolute atomic E-state index is 11.8. The molecule has 0 spiro atoms. The first-order valence-corrected chi connectivity index (χ1v) is 2.03. The molecule has 0 aromatic carbocycles. The minimum atomic E-state index is -0.582. The lowest BCUT2D eigenvalue weighted by Gasteiger charge is -1.70. The van der Waals surface area contributed by atoms with Crippen molar-refractivity contribution < 1.29 is 4.39 Å². The van der Waals surface area contributed by atoms with Crippen molar-refractivity contribution >= 4 is 11.6 Å². The van der Waals surface area contributed by atoms with Crippen LogP contribution in [-0.4, -0.2) is 10.2 Å². The van der Waals surface area contributed by atoms with Crippen molar-refractivity contribution in [2.24, 2.45) is 0 Å². The van der Waals surface area contributed by atoms with E-state index in [9.17, 15) is 4.39 Å². The maximum atomic E-state index is 11.8. The second kappa shape index (κ2) is 1.50. The number of H-pyrrole nitrogens is 1. The Bertz CT molecular complexity index is 145. The van der Waals surface area contributed by atoms with E-state index in [1.54, 1.807) is 0 Å². The summed E-state index contributed by atoms with van der Waals surface area (Å²) in [7, 11) is 0. The number of aromatic nitrogens is 2. The molecule has 4 heteroatoms. The molecule has 0 radical (unpaired) electrons. The lowest BCUT2D eigenvalue weighted by Crippen LogP contribution is -1.68. The molecule has 0 aliphatic heterocycles. The van der Waals surface area contributed by atoms with Crippen molar-refractivity contribution in [3.63, 3.8) is 0 Å². The van der Waals surface area contributed by atoms with Gasteiger partial charge in [-0.3, -0.25) is 5.10 Å². The number of nitrogens with zero attached hydrogens (tertiary/aromatic N) is 1. The Labute approximate surface area is 44.3 Å². The van der Waals surface area contributed by atoms with Crippen LogP contribution in [0.25, 0.3) is 0 Å². The topological polar surface area (TPSA) is 28.7 Å². The Hall–Kier alpha value is -0.570. The first-order valence-electron chi connectivity index (χ1n) is 1.65. The molecule has 0 aliphatic rings. The Kier molecular flexibility index (Phi) is 0.982. The zero-order valence-corrected chi connectivity index (χ0v) is 4.04. The highest BCUT2D eigenvalue weighted by molar-refractivity contribution is 6.30. The number of hydrogen-bond donors (Lipinski definition) is 1. The van der Waals surface area contributed by atoms with E-state index in [1.807, 2.05) is 5.10 Å². The summed E-state index contributed by atoms with van der Waals surface area (Å²) in [6.45, 7) is 0. The highest BCUT2D eigenvalue weighted by Crippen LogP contribution is 2.07. The van der Waals surface area contributed by atoms with Crippen molar-refractivity contribution in [1.29, 1.82) is 0 Å². The van der Waals surface area contributed by atoms with Gasteiger partial charge in [0.25, 0.3) is 0 Å². The number of halogens is 2. The van der Waals surface area contributed by atoms with Gasteiger partial charge in [-0.1, -0.05) is 11.6 Å². The van der Waals surface area contributed by atoms with Gasteiger partial charge in [-0.15, -0.1) is 0 Å². The van der Waals surface area contributed by atoms with E-state index in [0.717, 1.165) is 0 Å². The summed E-state index contributed by atoms with van der Waals surface area (Å²) in [5.74, 6) is -0.582. The quantitative estimate of drug-likeness (QED) is 0.548. The van der Waals surface area contributed by atoms with Crippen LogP contribution in [0.2, 0.25) is 5.02 Å². The lowest BCUT2D eigenvalue weighted by molar-refractivity contribution is 0.579. The molecule has 0 saturated heterocycles. The van der Waals surface area contributed by atoms with Crippen molar-refractivity contribution in [3.8, 4) is 0 Å². The van der Waals surface area contributed by atoms with Gasteiger partial charge in [0.1, 0.15) is 5.02 Å². The number of hydrogen-bond acceptors (Lipinski definition) is 1. The van der Waals surface area contributed by atoms with Crippen LogP contribution in [0.1, 0.15) is 0 Å². The predicted octanol–water partition coefficient (Wildman–Crippen LogP) is 1.20. The van der Waals surface area contributed by atoms with Gasteiger partial charge in [0, 0.05) is 0 Å². The summed E-state index contributed by atoms with van der Waals surface area (Å²) in [4.78, 5) is 0. The molecule has 0 saturated carbocycles. The normalized spacial score (nSPS) is 9.43. The first kappa shape index (κ1) is 4.59. The third kappa shape index (κ3) is 0.718. The average Bonchev–Trinajstić information content (AvgIpc) is 1.91. The Morgan fingerprint density at radius 2 is 2.57 bits per heavy atom. The minimum absolute atomic E-state index is 0.0278.